The monoisotopic (exact) mass is 1690 g/mol. The Balaban J connectivity index is 0.000000119. The van der Waals surface area contributed by atoms with Crippen LogP contribution < -0.4 is 0 Å². The average Bonchev–Trinajstić information content (AvgIpc) is 1.63. The summed E-state index contributed by atoms with van der Waals surface area (Å²) in [6.45, 7) is 0. The number of pyridine rings is 11. The summed E-state index contributed by atoms with van der Waals surface area (Å²) in [4.78, 5) is 53.0. The predicted molar refractivity (Wildman–Crippen MR) is 516 cm³/mol. The normalized spacial score (nSPS) is 11.1. The summed E-state index contributed by atoms with van der Waals surface area (Å²) in [6.07, 6.45) is 5.30. The van der Waals surface area contributed by atoms with E-state index in [0.717, 1.165) is 136 Å². The average molecular weight is 1690 g/mol. The van der Waals surface area contributed by atoms with Crippen molar-refractivity contribution in [2.24, 2.45) is 0 Å². The van der Waals surface area contributed by atoms with Gasteiger partial charge in [-0.15, -0.1) is 30.6 Å². The third-order valence-corrected chi connectivity index (χ3v) is 22.1. The van der Waals surface area contributed by atoms with Crippen LogP contribution in [0.15, 0.2) is 449 Å². The van der Waals surface area contributed by atoms with Crippen molar-refractivity contribution in [1.29, 1.82) is 0 Å². The van der Waals surface area contributed by atoms with Crippen molar-refractivity contribution in [2.75, 3.05) is 0 Å². The highest BCUT2D eigenvalue weighted by molar-refractivity contribution is 5.98. The van der Waals surface area contributed by atoms with E-state index >= 15 is 0 Å². The van der Waals surface area contributed by atoms with Crippen LogP contribution in [0.4, 0.5) is 0 Å². The highest BCUT2D eigenvalue weighted by Gasteiger charge is 2.25. The molecule has 0 saturated carbocycles. The molecule has 20 heteroatoms. The molecule has 0 spiro atoms. The fraction of sp³-hybridized carbons (Fsp3) is 0. The number of hydrogen-bond acceptors (Lipinski definition) is 17. The number of rotatable bonds is 18. The maximum Gasteiger partial charge on any atom is 0.187 e. The Kier molecular flexibility index (Phi) is 22.4. The minimum atomic E-state index is 0.608. The lowest BCUT2D eigenvalue weighted by atomic mass is 9.97. The quantitative estimate of drug-likeness (QED) is 0.0776. The molecule has 14 heterocycles. The van der Waals surface area contributed by atoms with E-state index in [9.17, 15) is 0 Å². The largest absolute Gasteiger partial charge is 0.274 e. The molecule has 0 aliphatic carbocycles. The zero-order valence-corrected chi connectivity index (χ0v) is 70.2. The van der Waals surface area contributed by atoms with Gasteiger partial charge in [0.2, 0.25) is 0 Å². The van der Waals surface area contributed by atoms with Crippen LogP contribution in [0.1, 0.15) is 0 Å². The van der Waals surface area contributed by atoms with Gasteiger partial charge in [-0.1, -0.05) is 261 Å². The first-order valence-electron chi connectivity index (χ1n) is 42.7. The molecule has 23 aromatic rings. The highest BCUT2D eigenvalue weighted by Crippen LogP contribution is 2.38. The van der Waals surface area contributed by atoms with Gasteiger partial charge in [0.1, 0.15) is 28.5 Å². The van der Waals surface area contributed by atoms with Gasteiger partial charge in [-0.25, -0.2) is 39.9 Å². The molecular formula is C111H74N20. The molecule has 0 unspecified atom stereocenters. The Morgan fingerprint density at radius 2 is 0.374 bits per heavy atom. The molecule has 14 aromatic heterocycles. The number of benzene rings is 9. The van der Waals surface area contributed by atoms with E-state index in [1.54, 1.807) is 18.6 Å². The van der Waals surface area contributed by atoms with Crippen LogP contribution in [0, 0.1) is 0 Å². The molecule has 23 rings (SSSR count). The van der Waals surface area contributed by atoms with Crippen molar-refractivity contribution < 1.29 is 0 Å². The smallest absolute Gasteiger partial charge is 0.187 e. The lowest BCUT2D eigenvalue weighted by Crippen LogP contribution is -2.03. The minimum absolute atomic E-state index is 0.608. The van der Waals surface area contributed by atoms with E-state index in [1.807, 2.05) is 319 Å². The lowest BCUT2D eigenvalue weighted by molar-refractivity contribution is 1.05. The number of hydrogen-bond donors (Lipinski definition) is 0. The van der Waals surface area contributed by atoms with Gasteiger partial charge in [0.25, 0.3) is 0 Å². The molecule has 0 aliphatic heterocycles. The van der Waals surface area contributed by atoms with E-state index < -0.39 is 0 Å². The van der Waals surface area contributed by atoms with E-state index in [-0.39, 0.29) is 0 Å². The van der Waals surface area contributed by atoms with Gasteiger partial charge >= 0.3 is 0 Å². The van der Waals surface area contributed by atoms with Gasteiger partial charge in [-0.3, -0.25) is 28.7 Å². The van der Waals surface area contributed by atoms with Gasteiger partial charge in [-0.05, 0) is 203 Å². The summed E-state index contributed by atoms with van der Waals surface area (Å²) in [5, 5.41) is 32.7. The van der Waals surface area contributed by atoms with Gasteiger partial charge < -0.3 is 0 Å². The summed E-state index contributed by atoms with van der Waals surface area (Å²) in [7, 11) is 0. The molecule has 0 saturated heterocycles. The third-order valence-electron chi connectivity index (χ3n) is 22.1. The Morgan fingerprint density at radius 1 is 0.137 bits per heavy atom. The molecule has 0 N–H and O–H groups in total. The van der Waals surface area contributed by atoms with Crippen molar-refractivity contribution >= 4 is 21.5 Å². The van der Waals surface area contributed by atoms with Gasteiger partial charge in [0, 0.05) is 52.3 Å². The SMILES string of the molecule is c1ccc(-c2cccc(-c3nnc(-c4cccc(-c5cccc(-c6ccccn6)n5)n4)n3-c3ccccc3)n2)cc1.c1ccc(-n2c(-c3ccc(-c4cccc5ccccc45)cc3)nnc2-c2cccc(-c3cccc(-c4ccccn4)n3)n2)cc1.c1ccc(-n2c(-c3cccc(-c4cccc(-c5ccccn5)n4)n3)nnc2-c2cccc(-c3cccc4ccccc34)n2)cc1. The standard InChI is InChI=1S/C39H26N6.C38H25N7.C34H23N7/c1-2-13-30(14-3-1)45-38(29-24-22-28(23-25-29)32-16-8-12-27-11-4-5-15-31(27)32)43-44-39(45)37-21-10-20-36(42-37)35-19-9-18-34(41-35)33-17-6-7-26-40-33;1-2-14-27(15-3-1)45-37(35-23-9-19-30(40-35)29-17-8-13-26-12-4-5-16-28(26)29)43-44-38(45)36-24-11-22-34(42-36)33-21-10-20-32(41-33)31-18-6-7-25-39-31;1-3-12-24(13-4-1)26-17-9-21-31(36-26)33-39-40-34(41(33)25-14-5-2-6-15-25)32-22-11-20-30(38-32)29-19-10-18-28(37-29)27-16-7-8-23-35-27/h1-26H;1-25H;1-23H. The Labute approximate surface area is 753 Å². The Hall–Kier alpha value is -18.4. The van der Waals surface area contributed by atoms with Crippen LogP contribution >= 0.6 is 0 Å². The number of fused-ring (bicyclic) bond motifs is 2. The predicted octanol–water partition coefficient (Wildman–Crippen LogP) is 24.5. The molecule has 0 bridgehead atoms. The second-order valence-electron chi connectivity index (χ2n) is 30.5. The zero-order chi connectivity index (χ0) is 87.4. The molecule has 131 heavy (non-hydrogen) atoms. The topological polar surface area (TPSA) is 234 Å². The third kappa shape index (κ3) is 17.0. The van der Waals surface area contributed by atoms with Crippen molar-refractivity contribution in [1.82, 2.24) is 99.1 Å². The fourth-order valence-corrected chi connectivity index (χ4v) is 15.9. The first kappa shape index (κ1) is 79.7. The summed E-state index contributed by atoms with van der Waals surface area (Å²) in [5.74, 6) is 3.87. The van der Waals surface area contributed by atoms with Crippen molar-refractivity contribution in [3.05, 3.63) is 449 Å². The van der Waals surface area contributed by atoms with Crippen LogP contribution in [-0.2, 0) is 0 Å². The highest BCUT2D eigenvalue weighted by atomic mass is 15.3. The van der Waals surface area contributed by atoms with Crippen molar-refractivity contribution in [3.8, 4) is 188 Å². The molecule has 618 valence electrons. The molecule has 0 fully saturated rings. The van der Waals surface area contributed by atoms with Crippen molar-refractivity contribution in [2.45, 2.75) is 0 Å². The maximum absolute atomic E-state index is 5.10. The number of para-hydroxylation sites is 3. The molecule has 9 aromatic carbocycles. The summed E-state index contributed by atoms with van der Waals surface area (Å²) in [6, 6.07) is 143. The Bertz CT molecular complexity index is 7950. The van der Waals surface area contributed by atoms with Crippen LogP contribution in [0.5, 0.6) is 0 Å². The van der Waals surface area contributed by atoms with E-state index in [2.05, 4.69) is 166 Å². The molecular weight excluding hydrogens is 1610 g/mol. The van der Waals surface area contributed by atoms with Crippen LogP contribution in [0.3, 0.4) is 0 Å². The van der Waals surface area contributed by atoms with Gasteiger partial charge in [0.15, 0.2) is 34.9 Å². The molecule has 0 atom stereocenters. The van der Waals surface area contributed by atoms with Gasteiger partial charge in [-0.2, -0.15) is 0 Å². The first-order valence-corrected chi connectivity index (χ1v) is 42.7. The lowest BCUT2D eigenvalue weighted by Gasteiger charge is -2.12. The van der Waals surface area contributed by atoms with Crippen LogP contribution in [-0.4, -0.2) is 99.1 Å². The molecule has 0 radical (unpaired) electrons. The Morgan fingerprint density at radius 3 is 0.740 bits per heavy atom. The maximum atomic E-state index is 5.10. The van der Waals surface area contributed by atoms with Gasteiger partial charge in [0.05, 0.1) is 79.7 Å². The van der Waals surface area contributed by atoms with Crippen LogP contribution in [0.25, 0.3) is 210 Å². The second kappa shape index (κ2) is 36.8. The summed E-state index contributed by atoms with van der Waals surface area (Å²) >= 11 is 0. The minimum Gasteiger partial charge on any atom is -0.274 e. The number of aromatic nitrogens is 20. The summed E-state index contributed by atoms with van der Waals surface area (Å²) < 4.78 is 6.08. The molecule has 20 nitrogen and oxygen atoms in total. The fourth-order valence-electron chi connectivity index (χ4n) is 15.9. The molecule has 0 amide bonds. The van der Waals surface area contributed by atoms with E-state index in [0.29, 0.717) is 51.9 Å². The molecule has 0 aliphatic rings. The second-order valence-corrected chi connectivity index (χ2v) is 30.5. The van der Waals surface area contributed by atoms with E-state index in [1.165, 1.54) is 21.7 Å². The van der Waals surface area contributed by atoms with Crippen molar-refractivity contribution in [3.63, 3.8) is 0 Å². The zero-order valence-electron chi connectivity index (χ0n) is 70.2. The summed E-state index contributed by atoms with van der Waals surface area (Å²) in [5.41, 5.74) is 22.7. The van der Waals surface area contributed by atoms with E-state index in [4.69, 9.17) is 45.0 Å². The van der Waals surface area contributed by atoms with Crippen LogP contribution in [0.2, 0.25) is 0 Å². The first-order chi connectivity index (χ1) is 65.0. The number of nitrogens with zero attached hydrogens (tertiary/aromatic N) is 20.